The maximum atomic E-state index is 13.2. The first-order valence-corrected chi connectivity index (χ1v) is 10.6. The van der Waals surface area contributed by atoms with Crippen molar-refractivity contribution < 1.29 is 38.0 Å². The first-order chi connectivity index (χ1) is 16.0. The molecule has 2 aliphatic rings. The Morgan fingerprint density at radius 2 is 1.74 bits per heavy atom. The Morgan fingerprint density at radius 1 is 1.09 bits per heavy atom. The number of carboxylic acids is 1. The molecule has 1 aromatic heterocycles. The Kier molecular flexibility index (Phi) is 4.95. The first kappa shape index (κ1) is 22.6. The van der Waals surface area contributed by atoms with Crippen LogP contribution < -0.4 is 4.74 Å². The number of ether oxygens (including phenoxy) is 1. The summed E-state index contributed by atoms with van der Waals surface area (Å²) < 4.78 is 46.0. The van der Waals surface area contributed by atoms with Gasteiger partial charge in [-0.25, -0.2) is 0 Å². The van der Waals surface area contributed by atoms with Gasteiger partial charge in [-0.15, -0.1) is 0 Å². The number of alkyl halides is 3. The maximum absolute atomic E-state index is 13.2. The third kappa shape index (κ3) is 2.90. The smallest absolute Gasteiger partial charge is 0.416 e. The lowest BCUT2D eigenvalue weighted by molar-refractivity contribution is -0.160. The number of carbonyl (C=O) groups is 1. The summed E-state index contributed by atoms with van der Waals surface area (Å²) in [6.45, 7) is 0. The van der Waals surface area contributed by atoms with Crippen LogP contribution in [0.2, 0.25) is 5.02 Å². The molecule has 3 aromatic rings. The summed E-state index contributed by atoms with van der Waals surface area (Å²) in [6.07, 6.45) is -5.31. The van der Waals surface area contributed by atoms with Gasteiger partial charge in [0.1, 0.15) is 17.5 Å². The predicted octanol–water partition coefficient (Wildman–Crippen LogP) is 4.09. The zero-order valence-electron chi connectivity index (χ0n) is 17.2. The van der Waals surface area contributed by atoms with Gasteiger partial charge in [0.25, 0.3) is 0 Å². The summed E-state index contributed by atoms with van der Waals surface area (Å²) in [5.41, 5.74) is -5.04. The van der Waals surface area contributed by atoms with Gasteiger partial charge in [0.15, 0.2) is 11.2 Å². The van der Waals surface area contributed by atoms with Crippen LogP contribution in [0.1, 0.15) is 28.3 Å². The highest BCUT2D eigenvalue weighted by molar-refractivity contribution is 6.30. The monoisotopic (exact) mass is 491 g/mol. The molecule has 176 valence electrons. The summed E-state index contributed by atoms with van der Waals surface area (Å²) >= 11 is 6.05. The molecule has 6 nitrogen and oxygen atoms in total. The number of hydrogen-bond acceptors (Lipinski definition) is 5. The molecule has 34 heavy (non-hydrogen) atoms. The van der Waals surface area contributed by atoms with Crippen molar-refractivity contribution in [3.05, 3.63) is 94.3 Å². The summed E-state index contributed by atoms with van der Waals surface area (Å²) in [7, 11) is 0. The number of aliphatic hydroxyl groups is 2. The molecule has 0 saturated heterocycles. The fraction of sp³-hybridized carbons (Fsp3) is 0.250. The molecule has 0 amide bonds. The Hall–Kier alpha value is -3.14. The van der Waals surface area contributed by atoms with Crippen molar-refractivity contribution in [1.82, 2.24) is 4.98 Å². The second kappa shape index (κ2) is 7.43. The van der Waals surface area contributed by atoms with Gasteiger partial charge in [-0.1, -0.05) is 54.1 Å². The molecule has 0 bridgehead atoms. The van der Waals surface area contributed by atoms with Crippen molar-refractivity contribution in [2.24, 2.45) is 5.92 Å². The summed E-state index contributed by atoms with van der Waals surface area (Å²) in [4.78, 5) is 16.5. The van der Waals surface area contributed by atoms with Crippen LogP contribution >= 0.6 is 11.6 Å². The SMILES string of the molecule is O=C(O)[C@H]1[C@@H](O)C2(O)c3ncc(Cl)cc3O[C@@]2(c2ccc(C(F)(F)F)cc2)[C@@H]1c1ccccc1. The Labute approximate surface area is 196 Å². The standard InChI is InChI=1S/C24H17ClF3NO5/c25-15-10-16-19(29-11-15)22(33)20(30)17(21(31)32)18(12-4-2-1-3-5-12)23(22,34-16)13-6-8-14(9-7-13)24(26,27)28/h1-11,17-18,20,30,33H,(H,31,32)/t17-,18-,20-,22?,23+/m1/s1. The van der Waals surface area contributed by atoms with E-state index in [2.05, 4.69) is 4.98 Å². The van der Waals surface area contributed by atoms with Crippen molar-refractivity contribution in [2.75, 3.05) is 0 Å². The second-order valence-corrected chi connectivity index (χ2v) is 8.81. The van der Waals surface area contributed by atoms with Crippen molar-refractivity contribution in [3.8, 4) is 5.75 Å². The zero-order chi connectivity index (χ0) is 24.5. The molecular formula is C24H17ClF3NO5. The van der Waals surface area contributed by atoms with Crippen molar-refractivity contribution in [1.29, 1.82) is 0 Å². The zero-order valence-corrected chi connectivity index (χ0v) is 18.0. The lowest BCUT2D eigenvalue weighted by Gasteiger charge is -2.40. The van der Waals surface area contributed by atoms with E-state index in [1.54, 1.807) is 30.3 Å². The fourth-order valence-electron chi connectivity index (χ4n) is 5.31. The van der Waals surface area contributed by atoms with E-state index >= 15 is 0 Å². The summed E-state index contributed by atoms with van der Waals surface area (Å²) in [5, 5.41) is 33.6. The maximum Gasteiger partial charge on any atom is 0.416 e. The molecule has 10 heteroatoms. The summed E-state index contributed by atoms with van der Waals surface area (Å²) in [6, 6.07) is 13.5. The van der Waals surface area contributed by atoms with E-state index in [4.69, 9.17) is 16.3 Å². The Morgan fingerprint density at radius 3 is 2.32 bits per heavy atom. The van der Waals surface area contributed by atoms with E-state index in [0.29, 0.717) is 5.56 Å². The summed E-state index contributed by atoms with van der Waals surface area (Å²) in [5.74, 6) is -4.18. The molecule has 5 atom stereocenters. The van der Waals surface area contributed by atoms with Crippen molar-refractivity contribution >= 4 is 17.6 Å². The quantitative estimate of drug-likeness (QED) is 0.510. The predicted molar refractivity (Wildman–Crippen MR) is 113 cm³/mol. The number of aliphatic carboxylic acids is 1. The molecule has 5 rings (SSSR count). The molecular weight excluding hydrogens is 475 g/mol. The molecule has 1 aliphatic heterocycles. The van der Waals surface area contributed by atoms with Crippen LogP contribution in [0.3, 0.4) is 0 Å². The number of aliphatic hydroxyl groups excluding tert-OH is 1. The third-order valence-electron chi connectivity index (χ3n) is 6.67. The van der Waals surface area contributed by atoms with Gasteiger partial charge in [0.05, 0.1) is 16.5 Å². The molecule has 0 radical (unpaired) electrons. The number of hydrogen-bond donors (Lipinski definition) is 3. The Balaban J connectivity index is 1.83. The van der Waals surface area contributed by atoms with Gasteiger partial charge in [-0.2, -0.15) is 13.2 Å². The van der Waals surface area contributed by atoms with Gasteiger partial charge in [0.2, 0.25) is 0 Å². The molecule has 3 N–H and O–H groups in total. The van der Waals surface area contributed by atoms with E-state index in [1.807, 2.05) is 0 Å². The van der Waals surface area contributed by atoms with E-state index < -0.39 is 46.9 Å². The molecule has 1 unspecified atom stereocenters. The molecule has 2 aromatic carbocycles. The van der Waals surface area contributed by atoms with Crippen LogP contribution in [-0.2, 0) is 22.2 Å². The Bertz CT molecular complexity index is 1270. The molecule has 1 saturated carbocycles. The van der Waals surface area contributed by atoms with Crippen LogP contribution in [0.25, 0.3) is 0 Å². The topological polar surface area (TPSA) is 99.9 Å². The highest BCUT2D eigenvalue weighted by Gasteiger charge is 2.78. The minimum Gasteiger partial charge on any atom is -0.481 e. The van der Waals surface area contributed by atoms with Crippen LogP contribution in [0, 0.1) is 5.92 Å². The number of aromatic nitrogens is 1. The van der Waals surface area contributed by atoms with Crippen LogP contribution in [-0.4, -0.2) is 32.4 Å². The van der Waals surface area contributed by atoms with Gasteiger partial charge in [-0.05, 0) is 23.3 Å². The van der Waals surface area contributed by atoms with Gasteiger partial charge < -0.3 is 20.1 Å². The van der Waals surface area contributed by atoms with Crippen LogP contribution in [0.15, 0.2) is 66.9 Å². The number of benzene rings is 2. The van der Waals surface area contributed by atoms with E-state index in [9.17, 15) is 33.3 Å². The van der Waals surface area contributed by atoms with Crippen molar-refractivity contribution in [2.45, 2.75) is 29.4 Å². The lowest BCUT2D eigenvalue weighted by atomic mass is 9.71. The van der Waals surface area contributed by atoms with Crippen LogP contribution in [0.4, 0.5) is 13.2 Å². The second-order valence-electron chi connectivity index (χ2n) is 8.38. The third-order valence-corrected chi connectivity index (χ3v) is 6.87. The van der Waals surface area contributed by atoms with Gasteiger partial charge in [0, 0.05) is 18.2 Å². The molecule has 1 fully saturated rings. The lowest BCUT2D eigenvalue weighted by Crippen LogP contribution is -2.52. The number of pyridine rings is 1. The molecule has 2 heterocycles. The van der Waals surface area contributed by atoms with Gasteiger partial charge in [-0.3, -0.25) is 9.78 Å². The highest BCUT2D eigenvalue weighted by atomic mass is 35.5. The number of nitrogens with zero attached hydrogens (tertiary/aromatic N) is 1. The first-order valence-electron chi connectivity index (χ1n) is 10.2. The largest absolute Gasteiger partial charge is 0.481 e. The molecule has 0 spiro atoms. The molecule has 1 aliphatic carbocycles. The number of halogens is 4. The number of fused-ring (bicyclic) bond motifs is 3. The minimum absolute atomic E-state index is 0.00119. The van der Waals surface area contributed by atoms with Crippen molar-refractivity contribution in [3.63, 3.8) is 0 Å². The average molecular weight is 492 g/mol. The van der Waals surface area contributed by atoms with E-state index in [0.717, 1.165) is 24.3 Å². The highest BCUT2D eigenvalue weighted by Crippen LogP contribution is 2.68. The average Bonchev–Trinajstić information content (AvgIpc) is 3.16. The van der Waals surface area contributed by atoms with E-state index in [1.165, 1.54) is 12.3 Å². The number of rotatable bonds is 3. The van der Waals surface area contributed by atoms with E-state index in [-0.39, 0.29) is 22.0 Å². The number of carboxylic acid groups (broad SMARTS) is 1. The van der Waals surface area contributed by atoms with Gasteiger partial charge >= 0.3 is 12.1 Å². The fourth-order valence-corrected chi connectivity index (χ4v) is 5.46. The van der Waals surface area contributed by atoms with Crippen LogP contribution in [0.5, 0.6) is 5.75 Å². The normalized spacial score (nSPS) is 29.9. The minimum atomic E-state index is -4.61.